The number of nitrogens with two attached hydrogens (primary N) is 1. The Morgan fingerprint density at radius 3 is 2.79 bits per heavy atom. The van der Waals surface area contributed by atoms with Gasteiger partial charge in [0.15, 0.2) is 0 Å². The van der Waals surface area contributed by atoms with E-state index in [1.165, 1.54) is 16.5 Å². The highest BCUT2D eigenvalue weighted by atomic mass is 14.7. The molecule has 1 aromatic heterocycles. The maximum Gasteiger partial charge on any atom is 0.0456 e. The molecule has 0 aliphatic rings. The van der Waals surface area contributed by atoms with Crippen LogP contribution in [-0.4, -0.2) is 11.5 Å². The molecule has 0 aliphatic carbocycles. The van der Waals surface area contributed by atoms with Crippen molar-refractivity contribution in [2.45, 2.75) is 19.3 Å². The molecule has 1 aromatic carbocycles. The minimum Gasteiger partial charge on any atom is -0.361 e. The van der Waals surface area contributed by atoms with Crippen molar-refractivity contribution in [2.75, 3.05) is 6.54 Å². The van der Waals surface area contributed by atoms with Crippen molar-refractivity contribution in [3.8, 4) is 0 Å². The maximum absolute atomic E-state index is 5.79. The summed E-state index contributed by atoms with van der Waals surface area (Å²) in [5, 5.41) is 1.28. The molecule has 0 aliphatic heterocycles. The Kier molecular flexibility index (Phi) is 2.08. The lowest BCUT2D eigenvalue weighted by Gasteiger charge is -2.23. The summed E-state index contributed by atoms with van der Waals surface area (Å²) in [5.41, 5.74) is 8.33. The van der Waals surface area contributed by atoms with Crippen LogP contribution in [0.5, 0.6) is 0 Å². The van der Waals surface area contributed by atoms with Gasteiger partial charge in [0.25, 0.3) is 0 Å². The van der Waals surface area contributed by atoms with Crippen LogP contribution in [0.4, 0.5) is 0 Å². The Hall–Kier alpha value is -1.28. The Labute approximate surface area is 84.1 Å². The molecule has 1 heterocycles. The van der Waals surface area contributed by atoms with Gasteiger partial charge in [-0.2, -0.15) is 0 Å². The Morgan fingerprint density at radius 1 is 1.29 bits per heavy atom. The number of benzene rings is 1. The summed E-state index contributed by atoms with van der Waals surface area (Å²) in [7, 11) is 0. The molecule has 74 valence electrons. The zero-order chi connectivity index (χ0) is 10.2. The molecule has 2 rings (SSSR count). The van der Waals surface area contributed by atoms with Crippen molar-refractivity contribution >= 4 is 10.9 Å². The summed E-state index contributed by atoms with van der Waals surface area (Å²) in [5.74, 6) is 0. The number of nitrogens with one attached hydrogen (secondary N) is 1. The number of fused-ring (bicyclic) bond motifs is 1. The van der Waals surface area contributed by atoms with Gasteiger partial charge >= 0.3 is 0 Å². The molecule has 0 bridgehead atoms. The fourth-order valence-corrected chi connectivity index (χ4v) is 1.79. The van der Waals surface area contributed by atoms with E-state index in [9.17, 15) is 0 Å². The van der Waals surface area contributed by atoms with Gasteiger partial charge in [0.1, 0.15) is 0 Å². The first kappa shape index (κ1) is 9.28. The number of hydrogen-bond acceptors (Lipinski definition) is 1. The highest BCUT2D eigenvalue weighted by Gasteiger charge is 2.20. The van der Waals surface area contributed by atoms with Gasteiger partial charge in [0.2, 0.25) is 0 Å². The first-order valence-corrected chi connectivity index (χ1v) is 4.92. The first-order valence-electron chi connectivity index (χ1n) is 4.92. The van der Waals surface area contributed by atoms with Gasteiger partial charge in [-0.15, -0.1) is 0 Å². The van der Waals surface area contributed by atoms with Crippen LogP contribution in [0.15, 0.2) is 30.5 Å². The molecule has 2 heteroatoms. The summed E-state index contributed by atoms with van der Waals surface area (Å²) < 4.78 is 0. The number of aromatic nitrogens is 1. The third kappa shape index (κ3) is 1.32. The topological polar surface area (TPSA) is 41.8 Å². The van der Waals surface area contributed by atoms with Crippen molar-refractivity contribution < 1.29 is 0 Å². The molecule has 0 amide bonds. The Balaban J connectivity index is 2.67. The molecule has 2 aromatic rings. The third-order valence-electron chi connectivity index (χ3n) is 2.83. The van der Waals surface area contributed by atoms with Crippen molar-refractivity contribution in [3.05, 3.63) is 36.0 Å². The molecule has 0 spiro atoms. The number of rotatable bonds is 2. The molecule has 0 radical (unpaired) electrons. The maximum atomic E-state index is 5.79. The molecule has 0 atom stereocenters. The zero-order valence-corrected chi connectivity index (χ0v) is 8.67. The van der Waals surface area contributed by atoms with Crippen LogP contribution in [0.1, 0.15) is 19.4 Å². The van der Waals surface area contributed by atoms with E-state index in [4.69, 9.17) is 5.73 Å². The van der Waals surface area contributed by atoms with Crippen LogP contribution in [0.25, 0.3) is 10.9 Å². The second-order valence-corrected chi connectivity index (χ2v) is 4.33. The quantitative estimate of drug-likeness (QED) is 0.746. The smallest absolute Gasteiger partial charge is 0.0456 e. The van der Waals surface area contributed by atoms with Crippen LogP contribution in [0.2, 0.25) is 0 Å². The van der Waals surface area contributed by atoms with Gasteiger partial charge in [-0.1, -0.05) is 26.0 Å². The molecule has 0 fully saturated rings. The standard InChI is InChI=1S/C12H16N2/c1-12(2,8-13)10-4-3-5-11-9(10)6-7-14-11/h3-7,14H,8,13H2,1-2H3. The normalized spacial score (nSPS) is 12.2. The van der Waals surface area contributed by atoms with E-state index < -0.39 is 0 Å². The highest BCUT2D eigenvalue weighted by molar-refractivity contribution is 5.83. The summed E-state index contributed by atoms with van der Waals surface area (Å²) in [6, 6.07) is 8.43. The monoisotopic (exact) mass is 188 g/mol. The van der Waals surface area contributed by atoms with E-state index in [1.54, 1.807) is 0 Å². The zero-order valence-electron chi connectivity index (χ0n) is 8.67. The van der Waals surface area contributed by atoms with Crippen LogP contribution in [-0.2, 0) is 5.41 Å². The largest absolute Gasteiger partial charge is 0.361 e. The van der Waals surface area contributed by atoms with E-state index in [-0.39, 0.29) is 5.41 Å². The fraction of sp³-hybridized carbons (Fsp3) is 0.333. The van der Waals surface area contributed by atoms with Crippen molar-refractivity contribution in [1.29, 1.82) is 0 Å². The lowest BCUT2D eigenvalue weighted by Crippen LogP contribution is -2.28. The van der Waals surface area contributed by atoms with E-state index in [1.807, 2.05) is 6.20 Å². The molecule has 0 saturated carbocycles. The number of H-pyrrole nitrogens is 1. The van der Waals surface area contributed by atoms with Gasteiger partial charge in [0.05, 0.1) is 0 Å². The fourth-order valence-electron chi connectivity index (χ4n) is 1.79. The van der Waals surface area contributed by atoms with Gasteiger partial charge < -0.3 is 10.7 Å². The van der Waals surface area contributed by atoms with Gasteiger partial charge in [0, 0.05) is 29.1 Å². The molecule has 0 unspecified atom stereocenters. The lowest BCUT2D eigenvalue weighted by atomic mass is 9.83. The van der Waals surface area contributed by atoms with E-state index in [0.29, 0.717) is 6.54 Å². The predicted octanol–water partition coefficient (Wildman–Crippen LogP) is 2.40. The van der Waals surface area contributed by atoms with Gasteiger partial charge in [-0.25, -0.2) is 0 Å². The molecule has 14 heavy (non-hydrogen) atoms. The Morgan fingerprint density at radius 2 is 2.07 bits per heavy atom. The summed E-state index contributed by atoms with van der Waals surface area (Å²) in [6.45, 7) is 5.01. The van der Waals surface area contributed by atoms with Crippen LogP contribution in [0.3, 0.4) is 0 Å². The number of aromatic amines is 1. The molecular weight excluding hydrogens is 172 g/mol. The first-order chi connectivity index (χ1) is 6.65. The summed E-state index contributed by atoms with van der Waals surface area (Å²) in [4.78, 5) is 3.22. The van der Waals surface area contributed by atoms with Crippen molar-refractivity contribution in [3.63, 3.8) is 0 Å². The average molecular weight is 188 g/mol. The minimum atomic E-state index is 0.0434. The average Bonchev–Trinajstić information content (AvgIpc) is 2.64. The van der Waals surface area contributed by atoms with Crippen molar-refractivity contribution in [2.24, 2.45) is 5.73 Å². The SMILES string of the molecule is CC(C)(CN)c1cccc2[nH]ccc12. The minimum absolute atomic E-state index is 0.0434. The number of hydrogen-bond donors (Lipinski definition) is 2. The summed E-state index contributed by atoms with van der Waals surface area (Å²) in [6.07, 6.45) is 1.97. The third-order valence-corrected chi connectivity index (χ3v) is 2.83. The second-order valence-electron chi connectivity index (χ2n) is 4.33. The van der Waals surface area contributed by atoms with Gasteiger partial charge in [-0.3, -0.25) is 0 Å². The van der Waals surface area contributed by atoms with Crippen LogP contribution >= 0.6 is 0 Å². The van der Waals surface area contributed by atoms with Crippen molar-refractivity contribution in [1.82, 2.24) is 4.98 Å². The molecular formula is C12H16N2. The second kappa shape index (κ2) is 3.14. The van der Waals surface area contributed by atoms with Gasteiger partial charge in [-0.05, 0) is 17.7 Å². The van der Waals surface area contributed by atoms with Crippen LogP contribution in [0, 0.1) is 0 Å². The highest BCUT2D eigenvalue weighted by Crippen LogP contribution is 2.28. The van der Waals surface area contributed by atoms with Crippen LogP contribution < -0.4 is 5.73 Å². The summed E-state index contributed by atoms with van der Waals surface area (Å²) >= 11 is 0. The Bertz CT molecular complexity index is 440. The lowest BCUT2D eigenvalue weighted by molar-refractivity contribution is 0.544. The predicted molar refractivity (Wildman–Crippen MR) is 60.4 cm³/mol. The van der Waals surface area contributed by atoms with E-state index >= 15 is 0 Å². The van der Waals surface area contributed by atoms with E-state index in [0.717, 1.165) is 0 Å². The molecule has 0 saturated heterocycles. The molecule has 2 nitrogen and oxygen atoms in total. The van der Waals surface area contributed by atoms with E-state index in [2.05, 4.69) is 43.1 Å². The molecule has 3 N–H and O–H groups in total.